The molecule has 3 rings (SSSR count). The van der Waals surface area contributed by atoms with E-state index in [2.05, 4.69) is 41.2 Å². The molecule has 2 aromatic heterocycles. The zero-order valence-electron chi connectivity index (χ0n) is 9.85. The molecule has 18 heavy (non-hydrogen) atoms. The first-order chi connectivity index (χ1) is 8.72. The van der Waals surface area contributed by atoms with Crippen LogP contribution in [-0.2, 0) is 6.42 Å². The number of halogens is 1. The predicted molar refractivity (Wildman–Crippen MR) is 76.4 cm³/mol. The van der Waals surface area contributed by atoms with E-state index in [0.717, 1.165) is 22.5 Å². The summed E-state index contributed by atoms with van der Waals surface area (Å²) in [5.41, 5.74) is 2.46. The number of aryl methyl sites for hydroxylation is 1. The Morgan fingerprint density at radius 3 is 2.94 bits per heavy atom. The molecule has 90 valence electrons. The summed E-state index contributed by atoms with van der Waals surface area (Å²) in [6.45, 7) is 2.08. The topological polar surface area (TPSA) is 25.8 Å². The lowest BCUT2D eigenvalue weighted by atomic mass is 10.1. The molecule has 0 spiro atoms. The van der Waals surface area contributed by atoms with E-state index in [-0.39, 0.29) is 0 Å². The van der Waals surface area contributed by atoms with Crippen LogP contribution >= 0.6 is 22.9 Å². The minimum absolute atomic E-state index is 0.545. The average molecular weight is 275 g/mol. The first-order valence-electron chi connectivity index (χ1n) is 5.67. The molecule has 0 bridgehead atoms. The summed E-state index contributed by atoms with van der Waals surface area (Å²) in [5.74, 6) is 0.778. The zero-order valence-corrected chi connectivity index (χ0v) is 11.4. The summed E-state index contributed by atoms with van der Waals surface area (Å²) in [4.78, 5) is 9.86. The Morgan fingerprint density at radius 1 is 1.22 bits per heavy atom. The third kappa shape index (κ3) is 2.24. The van der Waals surface area contributed by atoms with Crippen LogP contribution in [0.1, 0.15) is 17.0 Å². The van der Waals surface area contributed by atoms with E-state index >= 15 is 0 Å². The molecule has 4 heteroatoms. The van der Waals surface area contributed by atoms with E-state index < -0.39 is 0 Å². The number of thiophene rings is 1. The van der Waals surface area contributed by atoms with Gasteiger partial charge in [0.1, 0.15) is 15.8 Å². The number of fused-ring (bicyclic) bond motifs is 1. The van der Waals surface area contributed by atoms with Crippen molar-refractivity contribution in [3.05, 3.63) is 57.8 Å². The Labute approximate surface area is 114 Å². The van der Waals surface area contributed by atoms with Crippen molar-refractivity contribution in [2.45, 2.75) is 13.3 Å². The smallest absolute Gasteiger partial charge is 0.141 e. The third-order valence-electron chi connectivity index (χ3n) is 2.77. The van der Waals surface area contributed by atoms with Crippen LogP contribution in [0.3, 0.4) is 0 Å². The van der Waals surface area contributed by atoms with Crippen molar-refractivity contribution in [3.63, 3.8) is 0 Å². The van der Waals surface area contributed by atoms with E-state index in [9.17, 15) is 0 Å². The van der Waals surface area contributed by atoms with E-state index in [1.807, 2.05) is 11.4 Å². The second-order valence-corrected chi connectivity index (χ2v) is 5.49. The summed E-state index contributed by atoms with van der Waals surface area (Å²) >= 11 is 7.75. The third-order valence-corrected chi connectivity index (χ3v) is 3.86. The molecule has 1 aromatic carbocycles. The van der Waals surface area contributed by atoms with Crippen LogP contribution in [0.5, 0.6) is 0 Å². The fourth-order valence-electron chi connectivity index (χ4n) is 1.94. The van der Waals surface area contributed by atoms with Crippen molar-refractivity contribution in [2.24, 2.45) is 0 Å². The molecule has 0 aliphatic carbocycles. The van der Waals surface area contributed by atoms with Crippen LogP contribution in [0.4, 0.5) is 0 Å². The van der Waals surface area contributed by atoms with Gasteiger partial charge in [0.2, 0.25) is 0 Å². The van der Waals surface area contributed by atoms with Gasteiger partial charge in [-0.3, -0.25) is 0 Å². The second kappa shape index (κ2) is 4.67. The molecule has 0 saturated heterocycles. The summed E-state index contributed by atoms with van der Waals surface area (Å²) in [6.07, 6.45) is 0.718. The van der Waals surface area contributed by atoms with Crippen molar-refractivity contribution < 1.29 is 0 Å². The largest absolute Gasteiger partial charge is 0.222 e. The Morgan fingerprint density at radius 2 is 2.11 bits per heavy atom. The van der Waals surface area contributed by atoms with Gasteiger partial charge in [-0.15, -0.1) is 11.3 Å². The first-order valence-corrected chi connectivity index (χ1v) is 6.93. The van der Waals surface area contributed by atoms with Gasteiger partial charge in [0.25, 0.3) is 0 Å². The summed E-state index contributed by atoms with van der Waals surface area (Å²) in [5, 5.41) is 3.47. The molecule has 3 aromatic rings. The van der Waals surface area contributed by atoms with Gasteiger partial charge in [0, 0.05) is 11.8 Å². The number of hydrogen-bond acceptors (Lipinski definition) is 3. The molecule has 0 atom stereocenters. The zero-order chi connectivity index (χ0) is 12.5. The predicted octanol–water partition coefficient (Wildman–Crippen LogP) is 4.24. The highest BCUT2D eigenvalue weighted by Crippen LogP contribution is 2.25. The van der Waals surface area contributed by atoms with Crippen molar-refractivity contribution in [3.8, 4) is 0 Å². The monoisotopic (exact) mass is 274 g/mol. The van der Waals surface area contributed by atoms with Crippen LogP contribution in [0.25, 0.3) is 10.2 Å². The van der Waals surface area contributed by atoms with Crippen molar-refractivity contribution in [1.82, 2.24) is 9.97 Å². The van der Waals surface area contributed by atoms with Crippen molar-refractivity contribution in [2.75, 3.05) is 0 Å². The Bertz CT molecular complexity index is 706. The molecule has 2 nitrogen and oxygen atoms in total. The van der Waals surface area contributed by atoms with Crippen LogP contribution in [0, 0.1) is 6.92 Å². The molecule has 0 radical (unpaired) electrons. The molecular weight excluding hydrogens is 264 g/mol. The average Bonchev–Trinajstić information content (AvgIpc) is 2.77. The molecule has 0 aliphatic heterocycles. The van der Waals surface area contributed by atoms with Crippen molar-refractivity contribution >= 4 is 33.2 Å². The van der Waals surface area contributed by atoms with Crippen LogP contribution in [0.15, 0.2) is 35.7 Å². The van der Waals surface area contributed by atoms with Gasteiger partial charge in [-0.1, -0.05) is 41.4 Å². The number of aromatic nitrogens is 2. The fourth-order valence-corrected chi connectivity index (χ4v) is 3.03. The Hall–Kier alpha value is -1.45. The Kier molecular flexibility index (Phi) is 3.02. The molecule has 0 N–H and O–H groups in total. The van der Waals surface area contributed by atoms with Gasteiger partial charge in [-0.2, -0.15) is 0 Å². The highest BCUT2D eigenvalue weighted by molar-refractivity contribution is 7.16. The van der Waals surface area contributed by atoms with Crippen molar-refractivity contribution in [1.29, 1.82) is 0 Å². The summed E-state index contributed by atoms with van der Waals surface area (Å²) in [7, 11) is 0. The van der Waals surface area contributed by atoms with E-state index in [1.54, 1.807) is 11.3 Å². The SMILES string of the molecule is Cc1cccc(Cc2nc(Cl)c3ccsc3n2)c1. The number of nitrogens with zero attached hydrogens (tertiary/aromatic N) is 2. The maximum atomic E-state index is 6.16. The minimum Gasteiger partial charge on any atom is -0.222 e. The van der Waals surface area contributed by atoms with Gasteiger partial charge >= 0.3 is 0 Å². The van der Waals surface area contributed by atoms with Crippen LogP contribution in [-0.4, -0.2) is 9.97 Å². The highest BCUT2D eigenvalue weighted by atomic mass is 35.5. The van der Waals surface area contributed by atoms with E-state index in [0.29, 0.717) is 5.15 Å². The lowest BCUT2D eigenvalue weighted by Gasteiger charge is -2.03. The van der Waals surface area contributed by atoms with Gasteiger partial charge in [-0.25, -0.2) is 9.97 Å². The maximum Gasteiger partial charge on any atom is 0.141 e. The lowest BCUT2D eigenvalue weighted by Crippen LogP contribution is -1.97. The molecule has 0 fully saturated rings. The molecule has 2 heterocycles. The quantitative estimate of drug-likeness (QED) is 0.653. The van der Waals surface area contributed by atoms with E-state index in [1.165, 1.54) is 11.1 Å². The fraction of sp³-hybridized carbons (Fsp3) is 0.143. The van der Waals surface area contributed by atoms with E-state index in [4.69, 9.17) is 11.6 Å². The molecule has 0 aliphatic rings. The minimum atomic E-state index is 0.545. The second-order valence-electron chi connectivity index (χ2n) is 4.24. The summed E-state index contributed by atoms with van der Waals surface area (Å²) < 4.78 is 0. The molecule has 0 unspecified atom stereocenters. The maximum absolute atomic E-state index is 6.16. The molecule has 0 saturated carbocycles. The number of rotatable bonds is 2. The van der Waals surface area contributed by atoms with Gasteiger partial charge in [0.15, 0.2) is 0 Å². The Balaban J connectivity index is 1.99. The van der Waals surface area contributed by atoms with Crippen LogP contribution < -0.4 is 0 Å². The molecular formula is C14H11ClN2S. The summed E-state index contributed by atoms with van der Waals surface area (Å²) in [6, 6.07) is 10.3. The van der Waals surface area contributed by atoms with Crippen LogP contribution in [0.2, 0.25) is 5.15 Å². The van der Waals surface area contributed by atoms with Gasteiger partial charge in [0.05, 0.1) is 0 Å². The number of hydrogen-bond donors (Lipinski definition) is 0. The highest BCUT2D eigenvalue weighted by Gasteiger charge is 2.07. The standard InChI is InChI=1S/C14H11ClN2S/c1-9-3-2-4-10(7-9)8-12-16-13(15)11-5-6-18-14(11)17-12/h2-7H,8H2,1H3. The normalized spacial score (nSPS) is 11.0. The first kappa shape index (κ1) is 11.6. The number of benzene rings is 1. The lowest BCUT2D eigenvalue weighted by molar-refractivity contribution is 0.995. The molecule has 0 amide bonds. The van der Waals surface area contributed by atoms with Gasteiger partial charge < -0.3 is 0 Å². The van der Waals surface area contributed by atoms with Gasteiger partial charge in [-0.05, 0) is 23.9 Å².